The number of fused-ring (bicyclic) bond motifs is 1. The predicted molar refractivity (Wildman–Crippen MR) is 90.7 cm³/mol. The summed E-state index contributed by atoms with van der Waals surface area (Å²) in [5, 5.41) is 0.994. The van der Waals surface area contributed by atoms with Crippen LogP contribution in [0.5, 0.6) is 5.75 Å². The van der Waals surface area contributed by atoms with E-state index in [-0.39, 0.29) is 5.91 Å². The Kier molecular flexibility index (Phi) is 4.89. The average Bonchev–Trinajstić information content (AvgIpc) is 2.79. The van der Waals surface area contributed by atoms with Crippen LogP contribution in [-0.4, -0.2) is 31.0 Å². The third-order valence-corrected chi connectivity index (χ3v) is 4.97. The molecule has 1 aromatic carbocycles. The predicted octanol–water partition coefficient (Wildman–Crippen LogP) is 4.17. The highest BCUT2D eigenvalue weighted by atomic mass is 16.5. The monoisotopic (exact) mass is 315 g/mol. The standard InChI is InChI=1S/C19H25NO3/c1-20(15-7-5-3-4-6-8-15)19(21)11-14-13-23-18-12-16(22-2)9-10-17(14)18/h9-10,12-13,15H,3-8,11H2,1-2H3. The maximum atomic E-state index is 12.6. The topological polar surface area (TPSA) is 42.7 Å². The lowest BCUT2D eigenvalue weighted by molar-refractivity contribution is -0.131. The van der Waals surface area contributed by atoms with Crippen molar-refractivity contribution in [2.24, 2.45) is 0 Å². The van der Waals surface area contributed by atoms with Crippen LogP contribution in [-0.2, 0) is 11.2 Å². The van der Waals surface area contributed by atoms with Crippen molar-refractivity contribution < 1.29 is 13.9 Å². The van der Waals surface area contributed by atoms with Gasteiger partial charge < -0.3 is 14.1 Å². The number of hydrogen-bond acceptors (Lipinski definition) is 3. The van der Waals surface area contributed by atoms with Gasteiger partial charge in [0.2, 0.25) is 5.91 Å². The Bertz CT molecular complexity index is 668. The highest BCUT2D eigenvalue weighted by molar-refractivity contribution is 5.88. The molecule has 1 amide bonds. The van der Waals surface area contributed by atoms with E-state index in [0.29, 0.717) is 12.5 Å². The molecule has 1 fully saturated rings. The van der Waals surface area contributed by atoms with Gasteiger partial charge in [0, 0.05) is 30.1 Å². The van der Waals surface area contributed by atoms with E-state index >= 15 is 0 Å². The molecule has 0 radical (unpaired) electrons. The number of nitrogens with zero attached hydrogens (tertiary/aromatic N) is 1. The van der Waals surface area contributed by atoms with E-state index in [1.807, 2.05) is 30.1 Å². The van der Waals surface area contributed by atoms with Gasteiger partial charge in [0.15, 0.2) is 0 Å². The second kappa shape index (κ2) is 7.07. The van der Waals surface area contributed by atoms with E-state index in [9.17, 15) is 4.79 Å². The fourth-order valence-corrected chi connectivity index (χ4v) is 3.46. The van der Waals surface area contributed by atoms with Crippen LogP contribution < -0.4 is 4.74 Å². The van der Waals surface area contributed by atoms with Gasteiger partial charge in [0.1, 0.15) is 11.3 Å². The van der Waals surface area contributed by atoms with Crippen LogP contribution in [0.15, 0.2) is 28.9 Å². The van der Waals surface area contributed by atoms with Gasteiger partial charge in [-0.05, 0) is 25.0 Å². The highest BCUT2D eigenvalue weighted by Crippen LogP contribution is 2.27. The Morgan fingerprint density at radius 1 is 1.26 bits per heavy atom. The lowest BCUT2D eigenvalue weighted by Gasteiger charge is -2.27. The Hall–Kier alpha value is -1.97. The van der Waals surface area contributed by atoms with Crippen LogP contribution in [0.25, 0.3) is 11.0 Å². The molecule has 4 heteroatoms. The Morgan fingerprint density at radius 2 is 2.00 bits per heavy atom. The fourth-order valence-electron chi connectivity index (χ4n) is 3.46. The smallest absolute Gasteiger partial charge is 0.227 e. The number of carbonyl (C=O) groups is 1. The molecular formula is C19H25NO3. The molecule has 1 heterocycles. The van der Waals surface area contributed by atoms with Crippen molar-refractivity contribution in [3.05, 3.63) is 30.0 Å². The first-order valence-electron chi connectivity index (χ1n) is 8.49. The molecule has 23 heavy (non-hydrogen) atoms. The Balaban J connectivity index is 1.71. The van der Waals surface area contributed by atoms with Crippen LogP contribution in [0, 0.1) is 0 Å². The second-order valence-electron chi connectivity index (χ2n) is 6.45. The minimum absolute atomic E-state index is 0.176. The maximum absolute atomic E-state index is 12.6. The number of amides is 1. The van der Waals surface area contributed by atoms with Gasteiger partial charge in [-0.1, -0.05) is 25.7 Å². The number of furan rings is 1. The SMILES string of the molecule is COc1ccc2c(CC(=O)N(C)C3CCCCCC3)coc2c1. The van der Waals surface area contributed by atoms with Gasteiger partial charge in [-0.25, -0.2) is 0 Å². The first kappa shape index (κ1) is 15.9. The van der Waals surface area contributed by atoms with Crippen molar-refractivity contribution in [2.45, 2.75) is 51.0 Å². The van der Waals surface area contributed by atoms with Crippen molar-refractivity contribution in [3.8, 4) is 5.75 Å². The molecule has 0 unspecified atom stereocenters. The summed E-state index contributed by atoms with van der Waals surface area (Å²) in [5.41, 5.74) is 1.72. The molecule has 0 N–H and O–H groups in total. The van der Waals surface area contributed by atoms with E-state index in [4.69, 9.17) is 9.15 Å². The van der Waals surface area contributed by atoms with E-state index < -0.39 is 0 Å². The van der Waals surface area contributed by atoms with Crippen LogP contribution in [0.3, 0.4) is 0 Å². The molecule has 1 saturated carbocycles. The van der Waals surface area contributed by atoms with Crippen LogP contribution in [0.2, 0.25) is 0 Å². The zero-order valence-electron chi connectivity index (χ0n) is 14.0. The molecule has 0 bridgehead atoms. The molecule has 0 atom stereocenters. The van der Waals surface area contributed by atoms with Gasteiger partial charge in [-0.15, -0.1) is 0 Å². The number of benzene rings is 1. The minimum atomic E-state index is 0.176. The van der Waals surface area contributed by atoms with Crippen LogP contribution in [0.1, 0.15) is 44.1 Å². The van der Waals surface area contributed by atoms with Crippen molar-refractivity contribution >= 4 is 16.9 Å². The Labute approximate surface area is 137 Å². The molecule has 0 spiro atoms. The summed E-state index contributed by atoms with van der Waals surface area (Å²) >= 11 is 0. The first-order chi connectivity index (χ1) is 11.2. The summed E-state index contributed by atoms with van der Waals surface area (Å²) in [5.74, 6) is 0.940. The molecule has 1 aliphatic rings. The van der Waals surface area contributed by atoms with Crippen molar-refractivity contribution in [1.29, 1.82) is 0 Å². The molecule has 124 valence electrons. The van der Waals surface area contributed by atoms with E-state index in [2.05, 4.69) is 0 Å². The van der Waals surface area contributed by atoms with E-state index in [1.54, 1.807) is 13.4 Å². The molecule has 2 aromatic rings. The number of hydrogen-bond donors (Lipinski definition) is 0. The number of carbonyl (C=O) groups excluding carboxylic acids is 1. The Morgan fingerprint density at radius 3 is 2.70 bits per heavy atom. The number of rotatable bonds is 4. The summed E-state index contributed by atoms with van der Waals surface area (Å²) in [6, 6.07) is 6.12. The number of methoxy groups -OCH3 is 1. The molecule has 0 saturated heterocycles. The summed E-state index contributed by atoms with van der Waals surface area (Å²) in [6.07, 6.45) is 9.42. The number of ether oxygens (including phenoxy) is 1. The first-order valence-corrected chi connectivity index (χ1v) is 8.49. The fraction of sp³-hybridized carbons (Fsp3) is 0.526. The molecule has 1 aromatic heterocycles. The molecule has 1 aliphatic carbocycles. The zero-order valence-corrected chi connectivity index (χ0v) is 14.0. The lowest BCUT2D eigenvalue weighted by atomic mass is 10.1. The minimum Gasteiger partial charge on any atom is -0.497 e. The molecule has 0 aliphatic heterocycles. The van der Waals surface area contributed by atoms with Gasteiger partial charge in [0.25, 0.3) is 0 Å². The van der Waals surface area contributed by atoms with Crippen molar-refractivity contribution in [3.63, 3.8) is 0 Å². The van der Waals surface area contributed by atoms with E-state index in [0.717, 1.165) is 35.1 Å². The third kappa shape index (κ3) is 3.52. The molecule has 4 nitrogen and oxygen atoms in total. The van der Waals surface area contributed by atoms with Gasteiger partial charge >= 0.3 is 0 Å². The summed E-state index contributed by atoms with van der Waals surface area (Å²) < 4.78 is 10.8. The van der Waals surface area contributed by atoms with Gasteiger partial charge in [-0.2, -0.15) is 0 Å². The van der Waals surface area contributed by atoms with E-state index in [1.165, 1.54) is 25.7 Å². The summed E-state index contributed by atoms with van der Waals surface area (Å²) in [4.78, 5) is 14.6. The van der Waals surface area contributed by atoms with Crippen molar-refractivity contribution in [1.82, 2.24) is 4.90 Å². The highest BCUT2D eigenvalue weighted by Gasteiger charge is 2.22. The molecule has 3 rings (SSSR count). The third-order valence-electron chi connectivity index (χ3n) is 4.97. The quantitative estimate of drug-likeness (QED) is 0.795. The largest absolute Gasteiger partial charge is 0.497 e. The van der Waals surface area contributed by atoms with Crippen molar-refractivity contribution in [2.75, 3.05) is 14.2 Å². The second-order valence-corrected chi connectivity index (χ2v) is 6.45. The lowest BCUT2D eigenvalue weighted by Crippen LogP contribution is -2.37. The average molecular weight is 315 g/mol. The number of likely N-dealkylation sites (N-methyl/N-ethyl adjacent to an activating group) is 1. The normalized spacial score (nSPS) is 16.3. The van der Waals surface area contributed by atoms with Crippen LogP contribution in [0.4, 0.5) is 0 Å². The zero-order chi connectivity index (χ0) is 16.2. The van der Waals surface area contributed by atoms with Gasteiger partial charge in [0.05, 0.1) is 19.8 Å². The molecular weight excluding hydrogens is 290 g/mol. The maximum Gasteiger partial charge on any atom is 0.227 e. The summed E-state index contributed by atoms with van der Waals surface area (Å²) in [7, 11) is 3.58. The van der Waals surface area contributed by atoms with Crippen LogP contribution >= 0.6 is 0 Å². The summed E-state index contributed by atoms with van der Waals surface area (Å²) in [6.45, 7) is 0. The van der Waals surface area contributed by atoms with Gasteiger partial charge in [-0.3, -0.25) is 4.79 Å².